The molecule has 2 aromatic heterocycles. The van der Waals surface area contributed by atoms with E-state index in [0.717, 1.165) is 44.7 Å². The van der Waals surface area contributed by atoms with Crippen LogP contribution < -0.4 is 0 Å². The van der Waals surface area contributed by atoms with Crippen molar-refractivity contribution in [3.63, 3.8) is 0 Å². The molecule has 222 valence electrons. The third-order valence-electron chi connectivity index (χ3n) is 9.32. The van der Waals surface area contributed by atoms with E-state index in [2.05, 4.69) is 117 Å². The number of nitrogens with zero attached hydrogens (tertiary/aromatic N) is 3. The van der Waals surface area contributed by atoms with Gasteiger partial charge in [-0.05, 0) is 75.2 Å². The molecule has 0 radical (unpaired) electrons. The molecule has 0 spiro atoms. The third kappa shape index (κ3) is 4.25. The molecule has 4 nitrogen and oxygen atoms in total. The van der Waals surface area contributed by atoms with Gasteiger partial charge in [0.15, 0.2) is 0 Å². The Kier molecular flexibility index (Phi) is 6.36. The third-order valence-corrected chi connectivity index (χ3v) is 9.32. The molecule has 1 aliphatic carbocycles. The molecule has 1 N–H and O–H groups in total. The van der Waals surface area contributed by atoms with Gasteiger partial charge in [-0.15, -0.1) is 0 Å². The van der Waals surface area contributed by atoms with Crippen LogP contribution in [0, 0.1) is 0 Å². The summed E-state index contributed by atoms with van der Waals surface area (Å²) in [5.74, 6) is 0.214. The number of hydrogen-bond donors (Lipinski definition) is 1. The minimum atomic E-state index is -0.730. The number of para-hydroxylation sites is 2. The number of phenols is 1. The lowest BCUT2D eigenvalue weighted by atomic mass is 9.68. The average molecular weight is 596 g/mol. The Morgan fingerprint density at radius 3 is 1.98 bits per heavy atom. The Morgan fingerprint density at radius 1 is 0.609 bits per heavy atom. The van der Waals surface area contributed by atoms with Crippen molar-refractivity contribution in [2.45, 2.75) is 31.6 Å². The molecule has 46 heavy (non-hydrogen) atoms. The number of aromatic hydroxyl groups is 1. The van der Waals surface area contributed by atoms with Crippen molar-refractivity contribution in [1.82, 2.24) is 15.0 Å². The van der Waals surface area contributed by atoms with Crippen LogP contribution in [0.5, 0.6) is 5.75 Å². The number of fused-ring (bicyclic) bond motifs is 4. The molecule has 7 aromatic rings. The van der Waals surface area contributed by atoms with Gasteiger partial charge in [0.2, 0.25) is 0 Å². The largest absolute Gasteiger partial charge is 0.507 e. The first kappa shape index (κ1) is 27.9. The lowest BCUT2D eigenvalue weighted by Gasteiger charge is -2.34. The van der Waals surface area contributed by atoms with E-state index in [1.54, 1.807) is 12.4 Å². The average Bonchev–Trinajstić information content (AvgIpc) is 3.39. The van der Waals surface area contributed by atoms with Crippen molar-refractivity contribution in [2.75, 3.05) is 0 Å². The number of rotatable bonds is 4. The van der Waals surface area contributed by atoms with Crippen LogP contribution in [0.4, 0.5) is 0 Å². The topological polar surface area (TPSA) is 58.9 Å². The van der Waals surface area contributed by atoms with Crippen molar-refractivity contribution in [3.05, 3.63) is 168 Å². The Morgan fingerprint density at radius 2 is 1.26 bits per heavy atom. The quantitative estimate of drug-likeness (QED) is 0.220. The molecular formula is C42H33N3O. The second kappa shape index (κ2) is 10.5. The first-order valence-electron chi connectivity index (χ1n) is 15.7. The highest BCUT2D eigenvalue weighted by atomic mass is 16.3. The van der Waals surface area contributed by atoms with Crippen LogP contribution in [0.15, 0.2) is 140 Å². The van der Waals surface area contributed by atoms with Gasteiger partial charge in [-0.2, -0.15) is 0 Å². The predicted octanol–water partition coefficient (Wildman–Crippen LogP) is 9.72. The minimum absolute atomic E-state index is 0.169. The van der Waals surface area contributed by atoms with Gasteiger partial charge < -0.3 is 5.11 Å². The molecule has 0 amide bonds. The fourth-order valence-corrected chi connectivity index (χ4v) is 7.09. The van der Waals surface area contributed by atoms with Gasteiger partial charge in [0.05, 0.1) is 28.0 Å². The summed E-state index contributed by atoms with van der Waals surface area (Å²) in [5, 5.41) is 12.0. The maximum atomic E-state index is 11.0. The van der Waals surface area contributed by atoms with Crippen LogP contribution in [0.25, 0.3) is 44.5 Å². The fraction of sp³-hybridized carbons (Fsp3) is 0.119. The van der Waals surface area contributed by atoms with Crippen LogP contribution >= 0.6 is 0 Å². The summed E-state index contributed by atoms with van der Waals surface area (Å²) in [6, 6.07) is 46.2. The second-order valence-corrected chi connectivity index (χ2v) is 13.1. The van der Waals surface area contributed by atoms with Gasteiger partial charge in [0.25, 0.3) is 0 Å². The Bertz CT molecular complexity index is 2230. The molecule has 0 unspecified atom stereocenters. The molecule has 4 heteroatoms. The standard InChI is InChI=1S/C42H33N3O/c1-41(2,3)29-24-37(32-17-7-11-22-38(32)46)45-39(25-29)42(34-19-8-4-15-30(34)31-16-5-9-20-35(31)42)28-14-12-13-27(23-28)40-33-18-6-10-21-36(33)43-26-44-40/h4-26,46H,1-3H3. The van der Waals surface area contributed by atoms with Crippen LogP contribution in [0.1, 0.15) is 48.7 Å². The number of pyridine rings is 1. The number of aromatic nitrogens is 3. The zero-order valence-corrected chi connectivity index (χ0v) is 26.1. The first-order chi connectivity index (χ1) is 22.4. The highest BCUT2D eigenvalue weighted by molar-refractivity contribution is 5.93. The Balaban J connectivity index is 1.49. The smallest absolute Gasteiger partial charge is 0.124 e. The Labute approximate surface area is 269 Å². The summed E-state index contributed by atoms with van der Waals surface area (Å²) in [5.41, 5.74) is 11.3. The molecule has 1 aliphatic rings. The number of benzene rings is 5. The molecule has 0 aliphatic heterocycles. The van der Waals surface area contributed by atoms with E-state index in [1.807, 2.05) is 36.4 Å². The summed E-state index contributed by atoms with van der Waals surface area (Å²) in [6.07, 6.45) is 1.65. The first-order valence-corrected chi connectivity index (χ1v) is 15.7. The van der Waals surface area contributed by atoms with Gasteiger partial charge in [0, 0.05) is 16.5 Å². The maximum Gasteiger partial charge on any atom is 0.124 e. The van der Waals surface area contributed by atoms with Gasteiger partial charge in [0.1, 0.15) is 12.1 Å². The molecule has 8 rings (SSSR count). The fourth-order valence-electron chi connectivity index (χ4n) is 7.09. The normalized spacial score (nSPS) is 13.4. The minimum Gasteiger partial charge on any atom is -0.507 e. The summed E-state index contributed by atoms with van der Waals surface area (Å²) in [7, 11) is 0. The molecule has 0 bridgehead atoms. The molecule has 5 aromatic carbocycles. The van der Waals surface area contributed by atoms with E-state index in [-0.39, 0.29) is 11.2 Å². The van der Waals surface area contributed by atoms with Crippen LogP contribution in [0.3, 0.4) is 0 Å². The molecule has 2 heterocycles. The van der Waals surface area contributed by atoms with Gasteiger partial charge in [-0.3, -0.25) is 4.98 Å². The second-order valence-electron chi connectivity index (χ2n) is 13.1. The molecule has 0 atom stereocenters. The van der Waals surface area contributed by atoms with Crippen LogP contribution in [-0.4, -0.2) is 20.1 Å². The van der Waals surface area contributed by atoms with E-state index >= 15 is 0 Å². The summed E-state index contributed by atoms with van der Waals surface area (Å²) >= 11 is 0. The highest BCUT2D eigenvalue weighted by Gasteiger charge is 2.47. The van der Waals surface area contributed by atoms with E-state index in [9.17, 15) is 5.11 Å². The van der Waals surface area contributed by atoms with Crippen LogP contribution in [-0.2, 0) is 10.8 Å². The van der Waals surface area contributed by atoms with Crippen molar-refractivity contribution in [2.24, 2.45) is 0 Å². The van der Waals surface area contributed by atoms with Crippen molar-refractivity contribution < 1.29 is 5.11 Å². The van der Waals surface area contributed by atoms with Gasteiger partial charge in [-0.1, -0.05) is 118 Å². The van der Waals surface area contributed by atoms with Crippen LogP contribution in [0.2, 0.25) is 0 Å². The number of phenolic OH excluding ortho intramolecular Hbond substituents is 1. The zero-order valence-electron chi connectivity index (χ0n) is 26.1. The monoisotopic (exact) mass is 595 g/mol. The summed E-state index contributed by atoms with van der Waals surface area (Å²) in [4.78, 5) is 14.8. The van der Waals surface area contributed by atoms with Crippen molar-refractivity contribution in [1.29, 1.82) is 0 Å². The maximum absolute atomic E-state index is 11.0. The lowest BCUT2D eigenvalue weighted by Crippen LogP contribution is -2.31. The van der Waals surface area contributed by atoms with Gasteiger partial charge >= 0.3 is 0 Å². The lowest BCUT2D eigenvalue weighted by molar-refractivity contribution is 0.477. The molecule has 0 fully saturated rings. The van der Waals surface area contributed by atoms with E-state index in [4.69, 9.17) is 9.97 Å². The molecule has 0 saturated carbocycles. The number of hydrogen-bond acceptors (Lipinski definition) is 4. The summed E-state index contributed by atoms with van der Waals surface area (Å²) in [6.45, 7) is 6.68. The molecule has 0 saturated heterocycles. The summed E-state index contributed by atoms with van der Waals surface area (Å²) < 4.78 is 0. The van der Waals surface area contributed by atoms with E-state index in [1.165, 1.54) is 22.3 Å². The van der Waals surface area contributed by atoms with Crippen molar-refractivity contribution in [3.8, 4) is 39.4 Å². The Hall–Kier alpha value is -5.61. The predicted molar refractivity (Wildman–Crippen MR) is 186 cm³/mol. The highest BCUT2D eigenvalue weighted by Crippen LogP contribution is 2.56. The SMILES string of the molecule is CC(C)(C)c1cc(-c2ccccc2O)nc(C2(c3cccc(-c4ncnc5ccccc45)c3)c3ccccc3-c3ccccc32)c1. The zero-order chi connectivity index (χ0) is 31.5. The molecular weight excluding hydrogens is 562 g/mol. The van der Waals surface area contributed by atoms with Gasteiger partial charge in [-0.25, -0.2) is 9.97 Å². The van der Waals surface area contributed by atoms with E-state index < -0.39 is 5.41 Å². The van der Waals surface area contributed by atoms with E-state index in [0.29, 0.717) is 5.56 Å². The van der Waals surface area contributed by atoms with Crippen molar-refractivity contribution >= 4 is 10.9 Å².